The molecule has 0 radical (unpaired) electrons. The number of amides is 3. The molecule has 0 spiro atoms. The lowest BCUT2D eigenvalue weighted by atomic mass is 9.95. The molecule has 0 unspecified atom stereocenters. The number of benzene rings is 1. The summed E-state index contributed by atoms with van der Waals surface area (Å²) in [5.74, 6) is 0.740. The van der Waals surface area contributed by atoms with Crippen LogP contribution in [0, 0.1) is 5.92 Å². The molecular formula is C37H43N7O5. The molecule has 49 heavy (non-hydrogen) atoms. The van der Waals surface area contributed by atoms with Crippen molar-refractivity contribution in [1.29, 1.82) is 0 Å². The van der Waals surface area contributed by atoms with Gasteiger partial charge in [0.2, 0.25) is 11.8 Å². The molecule has 3 aromatic rings. The second-order valence-corrected chi connectivity index (χ2v) is 13.6. The zero-order chi connectivity index (χ0) is 34.2. The van der Waals surface area contributed by atoms with Gasteiger partial charge in [0, 0.05) is 81.9 Å². The highest BCUT2D eigenvalue weighted by atomic mass is 16.2. The van der Waals surface area contributed by atoms with Crippen molar-refractivity contribution in [2.75, 3.05) is 37.6 Å². The molecule has 3 aliphatic heterocycles. The van der Waals surface area contributed by atoms with Gasteiger partial charge >= 0.3 is 5.69 Å². The Balaban J connectivity index is 1.11. The molecule has 1 aliphatic carbocycles. The van der Waals surface area contributed by atoms with Crippen molar-refractivity contribution in [1.82, 2.24) is 23.9 Å². The van der Waals surface area contributed by atoms with Crippen molar-refractivity contribution < 1.29 is 14.4 Å². The minimum absolute atomic E-state index is 0.0168. The molecule has 1 saturated carbocycles. The normalized spacial score (nSPS) is 17.5. The van der Waals surface area contributed by atoms with E-state index in [0.29, 0.717) is 94.3 Å². The number of carbonyl (C=O) groups is 3. The maximum absolute atomic E-state index is 14.0. The number of nitrogens with zero attached hydrogens (tertiary/aromatic N) is 7. The molecule has 1 aromatic carbocycles. The zero-order valence-corrected chi connectivity index (χ0v) is 28.3. The molecule has 7 rings (SSSR count). The Labute approximate surface area is 285 Å². The average molecular weight is 666 g/mol. The number of pyridine rings is 1. The maximum Gasteiger partial charge on any atom is 0.332 e. The highest BCUT2D eigenvalue weighted by Gasteiger charge is 2.34. The fourth-order valence-corrected chi connectivity index (χ4v) is 7.39. The fraction of sp³-hybridized carbons (Fsp3) is 0.486. The van der Waals surface area contributed by atoms with Gasteiger partial charge in [-0.05, 0) is 68.7 Å². The van der Waals surface area contributed by atoms with E-state index in [-0.39, 0.29) is 40.9 Å². The Kier molecular flexibility index (Phi) is 9.04. The number of hydrogen-bond acceptors (Lipinski definition) is 7. The number of carbonyl (C=O) groups excluding carboxylic acids is 3. The number of rotatable bonds is 10. The van der Waals surface area contributed by atoms with Crippen molar-refractivity contribution >= 4 is 35.1 Å². The number of aliphatic imine (C=N–C) groups is 1. The first-order valence-corrected chi connectivity index (χ1v) is 17.6. The van der Waals surface area contributed by atoms with E-state index in [1.54, 1.807) is 27.5 Å². The summed E-state index contributed by atoms with van der Waals surface area (Å²) in [6.45, 7) is 6.51. The molecule has 0 atom stereocenters. The van der Waals surface area contributed by atoms with Crippen molar-refractivity contribution in [2.24, 2.45) is 10.9 Å². The maximum atomic E-state index is 14.0. The monoisotopic (exact) mass is 665 g/mol. The lowest BCUT2D eigenvalue weighted by Crippen LogP contribution is -2.45. The Morgan fingerprint density at radius 3 is 2.43 bits per heavy atom. The Hall–Kier alpha value is -4.87. The Morgan fingerprint density at radius 1 is 0.959 bits per heavy atom. The van der Waals surface area contributed by atoms with Crippen LogP contribution in [0.5, 0.6) is 0 Å². The van der Waals surface area contributed by atoms with Crippen LogP contribution >= 0.6 is 0 Å². The number of anilines is 1. The molecule has 256 valence electrons. The number of piperidine rings is 1. The van der Waals surface area contributed by atoms with Gasteiger partial charge in [-0.25, -0.2) is 14.8 Å². The Morgan fingerprint density at radius 2 is 1.73 bits per heavy atom. The molecule has 12 nitrogen and oxygen atoms in total. The minimum Gasteiger partial charge on any atom is -0.343 e. The largest absolute Gasteiger partial charge is 0.343 e. The number of hydrogen-bond donors (Lipinski definition) is 0. The smallest absolute Gasteiger partial charge is 0.332 e. The minimum atomic E-state index is -0.287. The van der Waals surface area contributed by atoms with Gasteiger partial charge in [0.25, 0.3) is 11.5 Å². The van der Waals surface area contributed by atoms with Crippen LogP contribution in [-0.4, -0.2) is 80.1 Å². The van der Waals surface area contributed by atoms with Crippen LogP contribution < -0.4 is 16.1 Å². The molecule has 2 fully saturated rings. The molecule has 5 heterocycles. The van der Waals surface area contributed by atoms with Crippen LogP contribution in [0.1, 0.15) is 85.5 Å². The SMILES string of the molecule is CCCn1c(=O)c2c(n(C3CC3)c1=O)N=C(c1ccc(N(CCCN3CCc4ccccc4C3=O)C(=O)C3CCN(C(C)=O)CC3)nc1)C2. The molecule has 0 N–H and O–H groups in total. The third-order valence-corrected chi connectivity index (χ3v) is 10.3. The van der Waals surface area contributed by atoms with Crippen molar-refractivity contribution in [3.8, 4) is 0 Å². The zero-order valence-electron chi connectivity index (χ0n) is 28.3. The lowest BCUT2D eigenvalue weighted by molar-refractivity contribution is -0.133. The van der Waals surface area contributed by atoms with Gasteiger partial charge in [-0.15, -0.1) is 0 Å². The predicted molar refractivity (Wildman–Crippen MR) is 186 cm³/mol. The van der Waals surface area contributed by atoms with Crippen LogP contribution in [0.4, 0.5) is 11.6 Å². The average Bonchev–Trinajstić information content (AvgIpc) is 3.86. The van der Waals surface area contributed by atoms with E-state index in [4.69, 9.17) is 9.98 Å². The van der Waals surface area contributed by atoms with Gasteiger partial charge in [0.15, 0.2) is 0 Å². The quantitative estimate of drug-likeness (QED) is 0.326. The van der Waals surface area contributed by atoms with E-state index in [0.717, 1.165) is 36.0 Å². The van der Waals surface area contributed by atoms with E-state index in [2.05, 4.69) is 0 Å². The number of likely N-dealkylation sites (tertiary alicyclic amines) is 1. The first kappa shape index (κ1) is 32.7. The highest BCUT2D eigenvalue weighted by Crippen LogP contribution is 2.39. The second-order valence-electron chi connectivity index (χ2n) is 13.6. The molecule has 12 heteroatoms. The van der Waals surface area contributed by atoms with E-state index in [1.807, 2.05) is 48.2 Å². The van der Waals surface area contributed by atoms with E-state index >= 15 is 0 Å². The summed E-state index contributed by atoms with van der Waals surface area (Å²) in [5, 5.41) is 0. The third kappa shape index (κ3) is 6.36. The summed E-state index contributed by atoms with van der Waals surface area (Å²) in [4.78, 5) is 80.6. The molecule has 3 amide bonds. The highest BCUT2D eigenvalue weighted by molar-refractivity contribution is 6.06. The second kappa shape index (κ2) is 13.6. The van der Waals surface area contributed by atoms with Gasteiger partial charge in [-0.1, -0.05) is 25.1 Å². The van der Waals surface area contributed by atoms with Crippen LogP contribution in [0.2, 0.25) is 0 Å². The van der Waals surface area contributed by atoms with Gasteiger partial charge in [-0.2, -0.15) is 0 Å². The van der Waals surface area contributed by atoms with Crippen LogP contribution in [-0.2, 0) is 29.0 Å². The van der Waals surface area contributed by atoms with Crippen molar-refractivity contribution in [3.05, 3.63) is 85.7 Å². The van der Waals surface area contributed by atoms with Crippen LogP contribution in [0.25, 0.3) is 0 Å². The van der Waals surface area contributed by atoms with E-state index in [9.17, 15) is 24.0 Å². The van der Waals surface area contributed by atoms with E-state index < -0.39 is 0 Å². The topological polar surface area (TPSA) is 130 Å². The lowest BCUT2D eigenvalue weighted by Gasteiger charge is -2.34. The van der Waals surface area contributed by atoms with Crippen molar-refractivity contribution in [3.63, 3.8) is 0 Å². The van der Waals surface area contributed by atoms with Crippen molar-refractivity contribution in [2.45, 2.75) is 77.8 Å². The number of aromatic nitrogens is 3. The first-order valence-electron chi connectivity index (χ1n) is 17.6. The molecule has 2 aromatic heterocycles. The summed E-state index contributed by atoms with van der Waals surface area (Å²) in [6.07, 6.45) is 7.04. The van der Waals surface area contributed by atoms with E-state index in [1.165, 1.54) is 4.57 Å². The molecule has 4 aliphatic rings. The van der Waals surface area contributed by atoms with Gasteiger partial charge in [0.05, 0.1) is 11.3 Å². The predicted octanol–water partition coefficient (Wildman–Crippen LogP) is 3.51. The summed E-state index contributed by atoms with van der Waals surface area (Å²) in [6, 6.07) is 11.5. The first-order chi connectivity index (χ1) is 23.7. The summed E-state index contributed by atoms with van der Waals surface area (Å²) in [7, 11) is 0. The van der Waals surface area contributed by atoms with Gasteiger partial charge in [-0.3, -0.25) is 33.2 Å². The molecular weight excluding hydrogens is 622 g/mol. The molecule has 1 saturated heterocycles. The van der Waals surface area contributed by atoms with Gasteiger partial charge < -0.3 is 9.80 Å². The van der Waals surface area contributed by atoms with Gasteiger partial charge in [0.1, 0.15) is 11.6 Å². The summed E-state index contributed by atoms with van der Waals surface area (Å²) in [5.41, 5.74) is 3.20. The summed E-state index contributed by atoms with van der Waals surface area (Å²) >= 11 is 0. The van der Waals surface area contributed by atoms with Crippen LogP contribution in [0.3, 0.4) is 0 Å². The molecule has 0 bridgehead atoms. The summed E-state index contributed by atoms with van der Waals surface area (Å²) < 4.78 is 3.04. The Bertz CT molecular complexity index is 1930. The third-order valence-electron chi connectivity index (χ3n) is 10.3. The van der Waals surface area contributed by atoms with Crippen LogP contribution in [0.15, 0.2) is 57.2 Å². The standard InChI is InChI=1S/C37H43N7O5/c1-3-16-43-36(48)30-22-31(39-33(30)44(37(43)49)28-10-11-28)27-9-12-32(38-23-27)42(34(46)26-14-19-40(20-15-26)24(2)45)18-6-17-41-21-13-25-7-4-5-8-29(25)35(41)47/h4-5,7-9,12,23,26,28H,3,6,10-11,13-22H2,1-2H3. The number of fused-ring (bicyclic) bond motifs is 2. The fourth-order valence-electron chi connectivity index (χ4n) is 7.39.